The van der Waals surface area contributed by atoms with E-state index < -0.39 is 17.5 Å². The number of nitrogens with zero attached hydrogens (tertiary/aromatic N) is 1. The highest BCUT2D eigenvalue weighted by molar-refractivity contribution is 5.97. The van der Waals surface area contributed by atoms with Gasteiger partial charge in [-0.15, -0.1) is 0 Å². The third kappa shape index (κ3) is 4.66. The van der Waals surface area contributed by atoms with Gasteiger partial charge in [-0.2, -0.15) is 5.26 Å². The quantitative estimate of drug-likeness (QED) is 0.471. The minimum absolute atomic E-state index is 0.164. The molecule has 0 heterocycles. The topological polar surface area (TPSA) is 74.1 Å². The highest BCUT2D eigenvalue weighted by Gasteiger charge is 2.09. The van der Waals surface area contributed by atoms with E-state index in [9.17, 15) is 13.6 Å². The first-order valence-corrected chi connectivity index (χ1v) is 5.67. The minimum Gasteiger partial charge on any atom is -0.383 e. The van der Waals surface area contributed by atoms with Crippen LogP contribution in [0.2, 0.25) is 0 Å². The first-order chi connectivity index (χ1) is 9.58. The van der Waals surface area contributed by atoms with Crippen molar-refractivity contribution in [2.75, 3.05) is 25.6 Å². The van der Waals surface area contributed by atoms with Gasteiger partial charge in [0.1, 0.15) is 23.3 Å². The van der Waals surface area contributed by atoms with Crippen molar-refractivity contribution in [3.05, 3.63) is 41.6 Å². The highest BCUT2D eigenvalue weighted by atomic mass is 19.1. The number of ether oxygens (including phenoxy) is 1. The van der Waals surface area contributed by atoms with E-state index in [1.54, 1.807) is 6.07 Å². The smallest absolute Gasteiger partial charge is 0.263 e. The predicted octanol–water partition coefficient (Wildman–Crippen LogP) is 1.55. The molecule has 0 fully saturated rings. The second-order valence-corrected chi connectivity index (χ2v) is 3.69. The van der Waals surface area contributed by atoms with Crippen LogP contribution < -0.4 is 10.6 Å². The van der Waals surface area contributed by atoms with Gasteiger partial charge in [-0.1, -0.05) is 0 Å². The molecular weight excluding hydrogens is 268 g/mol. The summed E-state index contributed by atoms with van der Waals surface area (Å²) in [7, 11) is 1.47. The molecule has 1 rings (SSSR count). The molecule has 2 N–H and O–H groups in total. The predicted molar refractivity (Wildman–Crippen MR) is 68.6 cm³/mol. The Morgan fingerprint density at radius 1 is 1.50 bits per heavy atom. The molecule has 0 saturated carbocycles. The van der Waals surface area contributed by atoms with E-state index in [0.717, 1.165) is 24.4 Å². The van der Waals surface area contributed by atoms with Crippen LogP contribution in [0.5, 0.6) is 0 Å². The fraction of sp³-hybridized carbons (Fsp3) is 0.231. The maximum Gasteiger partial charge on any atom is 0.263 e. The van der Waals surface area contributed by atoms with E-state index in [1.165, 1.54) is 7.11 Å². The van der Waals surface area contributed by atoms with Crippen molar-refractivity contribution in [1.29, 1.82) is 5.26 Å². The third-order valence-electron chi connectivity index (χ3n) is 2.26. The summed E-state index contributed by atoms with van der Waals surface area (Å²) < 4.78 is 31.0. The van der Waals surface area contributed by atoms with Crippen LogP contribution in [0, 0.1) is 23.0 Å². The number of benzene rings is 1. The van der Waals surface area contributed by atoms with Gasteiger partial charge in [0.15, 0.2) is 0 Å². The summed E-state index contributed by atoms with van der Waals surface area (Å²) in [5.74, 6) is -1.96. The Labute approximate surface area is 114 Å². The fourth-order valence-electron chi connectivity index (χ4n) is 1.27. The standard InChI is InChI=1S/C13H13F2N3O2/c1-20-5-4-17-13(19)9(7-16)8-18-12-6-10(14)2-3-11(12)15/h2-3,6,8,18H,4-5H2,1H3,(H,17,19)/b9-8-. The summed E-state index contributed by atoms with van der Waals surface area (Å²) in [4.78, 5) is 11.6. The first kappa shape index (κ1) is 15.6. The Morgan fingerprint density at radius 3 is 2.90 bits per heavy atom. The van der Waals surface area contributed by atoms with Crippen molar-refractivity contribution in [3.63, 3.8) is 0 Å². The van der Waals surface area contributed by atoms with E-state index in [1.807, 2.05) is 0 Å². The lowest BCUT2D eigenvalue weighted by Crippen LogP contribution is -2.28. The van der Waals surface area contributed by atoms with Crippen molar-refractivity contribution in [2.24, 2.45) is 0 Å². The van der Waals surface area contributed by atoms with Crippen LogP contribution in [0.1, 0.15) is 0 Å². The second-order valence-electron chi connectivity index (χ2n) is 3.69. The van der Waals surface area contributed by atoms with Gasteiger partial charge in [0.25, 0.3) is 5.91 Å². The number of amides is 1. The number of rotatable bonds is 6. The lowest BCUT2D eigenvalue weighted by molar-refractivity contribution is -0.117. The maximum atomic E-state index is 13.3. The number of hydrogen-bond acceptors (Lipinski definition) is 4. The van der Waals surface area contributed by atoms with Gasteiger partial charge in [-0.25, -0.2) is 8.78 Å². The number of nitriles is 1. The molecular formula is C13H13F2N3O2. The number of hydrogen-bond donors (Lipinski definition) is 2. The summed E-state index contributed by atoms with van der Waals surface area (Å²) in [5.41, 5.74) is -0.424. The van der Waals surface area contributed by atoms with Gasteiger partial charge in [0.05, 0.1) is 12.3 Å². The van der Waals surface area contributed by atoms with Crippen molar-refractivity contribution < 1.29 is 18.3 Å². The Hall–Kier alpha value is -2.46. The Kier molecular flexibility index (Phi) is 6.13. The molecule has 0 unspecified atom stereocenters. The molecule has 0 aliphatic rings. The van der Waals surface area contributed by atoms with Gasteiger partial charge in [0, 0.05) is 25.9 Å². The van der Waals surface area contributed by atoms with Gasteiger partial charge in [-0.05, 0) is 12.1 Å². The first-order valence-electron chi connectivity index (χ1n) is 5.67. The lowest BCUT2D eigenvalue weighted by atomic mass is 10.2. The average Bonchev–Trinajstić information content (AvgIpc) is 2.43. The van der Waals surface area contributed by atoms with E-state index in [2.05, 4.69) is 10.6 Å². The van der Waals surface area contributed by atoms with Crippen LogP contribution >= 0.6 is 0 Å². The summed E-state index contributed by atoms with van der Waals surface area (Å²) in [6, 6.07) is 4.49. The monoisotopic (exact) mass is 281 g/mol. The van der Waals surface area contributed by atoms with Gasteiger partial charge in [-0.3, -0.25) is 4.79 Å². The highest BCUT2D eigenvalue weighted by Crippen LogP contribution is 2.15. The molecule has 5 nitrogen and oxygen atoms in total. The molecule has 0 aromatic heterocycles. The molecule has 1 amide bonds. The van der Waals surface area contributed by atoms with E-state index in [-0.39, 0.29) is 17.8 Å². The fourth-order valence-corrected chi connectivity index (χ4v) is 1.27. The molecule has 0 saturated heterocycles. The number of methoxy groups -OCH3 is 1. The van der Waals surface area contributed by atoms with Gasteiger partial charge < -0.3 is 15.4 Å². The van der Waals surface area contributed by atoms with E-state index in [4.69, 9.17) is 10.00 Å². The Balaban J connectivity index is 2.73. The van der Waals surface area contributed by atoms with Crippen LogP contribution in [0.3, 0.4) is 0 Å². The summed E-state index contributed by atoms with van der Waals surface area (Å²) in [6.45, 7) is 0.541. The van der Waals surface area contributed by atoms with Crippen LogP contribution in [-0.2, 0) is 9.53 Å². The molecule has 1 aromatic carbocycles. The van der Waals surface area contributed by atoms with Crippen molar-refractivity contribution in [1.82, 2.24) is 5.32 Å². The number of anilines is 1. The van der Waals surface area contributed by atoms with Crippen LogP contribution in [0.4, 0.5) is 14.5 Å². The normalized spacial score (nSPS) is 10.8. The zero-order valence-electron chi connectivity index (χ0n) is 10.7. The van der Waals surface area contributed by atoms with E-state index in [0.29, 0.717) is 6.61 Å². The third-order valence-corrected chi connectivity index (χ3v) is 2.26. The molecule has 1 aromatic rings. The molecule has 0 atom stereocenters. The Morgan fingerprint density at radius 2 is 2.25 bits per heavy atom. The molecule has 0 bridgehead atoms. The molecule has 20 heavy (non-hydrogen) atoms. The SMILES string of the molecule is COCCNC(=O)/C(C#N)=C\Nc1cc(F)ccc1F. The number of carbonyl (C=O) groups is 1. The van der Waals surface area contributed by atoms with Crippen LogP contribution in [0.25, 0.3) is 0 Å². The Bertz CT molecular complexity index is 553. The number of carbonyl (C=O) groups excluding carboxylic acids is 1. The van der Waals surface area contributed by atoms with Gasteiger partial charge in [0.2, 0.25) is 0 Å². The summed E-state index contributed by atoms with van der Waals surface area (Å²) in [6.07, 6.45) is 1.01. The maximum absolute atomic E-state index is 13.3. The summed E-state index contributed by atoms with van der Waals surface area (Å²) >= 11 is 0. The molecule has 0 radical (unpaired) electrons. The van der Waals surface area contributed by atoms with Gasteiger partial charge >= 0.3 is 0 Å². The van der Waals surface area contributed by atoms with Crippen molar-refractivity contribution >= 4 is 11.6 Å². The van der Waals surface area contributed by atoms with E-state index >= 15 is 0 Å². The average molecular weight is 281 g/mol. The molecule has 0 aliphatic heterocycles. The van der Waals surface area contributed by atoms with Crippen molar-refractivity contribution in [3.8, 4) is 6.07 Å². The zero-order chi connectivity index (χ0) is 15.0. The van der Waals surface area contributed by atoms with Crippen molar-refractivity contribution in [2.45, 2.75) is 0 Å². The minimum atomic E-state index is -0.695. The zero-order valence-corrected chi connectivity index (χ0v) is 10.7. The molecule has 0 spiro atoms. The van der Waals surface area contributed by atoms with Crippen LogP contribution in [0.15, 0.2) is 30.0 Å². The second kappa shape index (κ2) is 7.86. The number of nitrogens with one attached hydrogen (secondary N) is 2. The molecule has 106 valence electrons. The number of halogens is 2. The summed E-state index contributed by atoms with van der Waals surface area (Å²) in [5, 5.41) is 13.7. The lowest BCUT2D eigenvalue weighted by Gasteiger charge is -2.05. The largest absolute Gasteiger partial charge is 0.383 e. The molecule has 7 heteroatoms. The van der Waals surface area contributed by atoms with Crippen LogP contribution in [-0.4, -0.2) is 26.2 Å². The molecule has 0 aliphatic carbocycles.